The Labute approximate surface area is 180 Å². The van der Waals surface area contributed by atoms with Gasteiger partial charge in [-0.2, -0.15) is 10.5 Å². The third kappa shape index (κ3) is 4.28. The van der Waals surface area contributed by atoms with Crippen molar-refractivity contribution in [2.75, 3.05) is 6.54 Å². The lowest BCUT2D eigenvalue weighted by atomic mass is 10.00. The number of nitrogens with zero attached hydrogens (tertiary/aromatic N) is 4. The van der Waals surface area contributed by atoms with E-state index in [1.54, 1.807) is 22.8 Å². The van der Waals surface area contributed by atoms with Crippen LogP contribution in [0.4, 0.5) is 0 Å². The van der Waals surface area contributed by atoms with Crippen LogP contribution in [0.15, 0.2) is 59.5 Å². The van der Waals surface area contributed by atoms with E-state index in [1.165, 1.54) is 0 Å². The second kappa shape index (κ2) is 8.55. The highest BCUT2D eigenvalue weighted by Crippen LogP contribution is 2.20. The van der Waals surface area contributed by atoms with Crippen molar-refractivity contribution >= 4 is 11.6 Å². The summed E-state index contributed by atoms with van der Waals surface area (Å²) < 4.78 is 1.73. The molecule has 0 radical (unpaired) electrons. The Bertz CT molecular complexity index is 1200. The maximum absolute atomic E-state index is 13.1. The van der Waals surface area contributed by atoms with Gasteiger partial charge in [0.15, 0.2) is 0 Å². The minimum atomic E-state index is 0.0237. The molecule has 0 amide bonds. The van der Waals surface area contributed by atoms with Crippen LogP contribution in [0.5, 0.6) is 0 Å². The third-order valence-electron chi connectivity index (χ3n) is 5.36. The van der Waals surface area contributed by atoms with Crippen LogP contribution in [0.1, 0.15) is 33.4 Å². The van der Waals surface area contributed by atoms with Gasteiger partial charge in [0.25, 0.3) is 5.56 Å². The van der Waals surface area contributed by atoms with Crippen LogP contribution in [0.25, 0.3) is 0 Å². The van der Waals surface area contributed by atoms with Crippen molar-refractivity contribution in [3.63, 3.8) is 0 Å². The number of fused-ring (bicyclic) bond motifs is 1. The molecular weight excluding hydrogens is 396 g/mol. The maximum Gasteiger partial charge on any atom is 0.255 e. The Hall–Kier alpha value is -3.38. The van der Waals surface area contributed by atoms with Crippen LogP contribution in [0, 0.1) is 22.7 Å². The number of nitriles is 2. The average Bonchev–Trinajstić information content (AvgIpc) is 2.77. The fraction of sp³-hybridized carbons (Fsp3) is 0.208. The first-order chi connectivity index (χ1) is 14.6. The second-order valence-electron chi connectivity index (χ2n) is 7.48. The number of benzene rings is 2. The smallest absolute Gasteiger partial charge is 0.255 e. The molecule has 6 heteroatoms. The number of aromatic nitrogens is 1. The van der Waals surface area contributed by atoms with E-state index in [0.717, 1.165) is 35.2 Å². The van der Waals surface area contributed by atoms with Crippen molar-refractivity contribution in [2.45, 2.75) is 26.1 Å². The quantitative estimate of drug-likeness (QED) is 0.650. The molecule has 3 aromatic rings. The summed E-state index contributed by atoms with van der Waals surface area (Å²) in [4.78, 5) is 15.3. The highest BCUT2D eigenvalue weighted by Gasteiger charge is 2.20. The molecule has 2 aromatic carbocycles. The molecule has 30 heavy (non-hydrogen) atoms. The summed E-state index contributed by atoms with van der Waals surface area (Å²) in [6, 6.07) is 19.0. The first-order valence-corrected chi connectivity index (χ1v) is 10.1. The molecular formula is C24H19ClN4O. The van der Waals surface area contributed by atoms with E-state index < -0.39 is 0 Å². The number of hydrogen-bond acceptors (Lipinski definition) is 4. The Morgan fingerprint density at radius 1 is 0.933 bits per heavy atom. The predicted octanol–water partition coefficient (Wildman–Crippen LogP) is 3.85. The summed E-state index contributed by atoms with van der Waals surface area (Å²) in [5.41, 5.74) is 4.81. The van der Waals surface area contributed by atoms with Gasteiger partial charge in [-0.3, -0.25) is 9.69 Å². The van der Waals surface area contributed by atoms with E-state index in [1.807, 2.05) is 36.5 Å². The van der Waals surface area contributed by atoms with E-state index in [9.17, 15) is 15.3 Å². The van der Waals surface area contributed by atoms with Gasteiger partial charge in [-0.05, 0) is 59.5 Å². The van der Waals surface area contributed by atoms with Crippen LogP contribution < -0.4 is 5.56 Å². The molecule has 0 saturated carbocycles. The van der Waals surface area contributed by atoms with Crippen LogP contribution in [-0.2, 0) is 26.1 Å². The van der Waals surface area contributed by atoms with Gasteiger partial charge in [-0.15, -0.1) is 0 Å². The van der Waals surface area contributed by atoms with Gasteiger partial charge in [0.2, 0.25) is 0 Å². The summed E-state index contributed by atoms with van der Waals surface area (Å²) in [6.45, 7) is 2.47. The normalized spacial score (nSPS) is 13.3. The minimum Gasteiger partial charge on any atom is -0.311 e. The summed E-state index contributed by atoms with van der Waals surface area (Å²) >= 11 is 5.95. The molecule has 0 N–H and O–H groups in total. The first kappa shape index (κ1) is 19.9. The zero-order chi connectivity index (χ0) is 21.1. The van der Waals surface area contributed by atoms with E-state index in [2.05, 4.69) is 17.0 Å². The molecule has 148 valence electrons. The molecule has 0 fully saturated rings. The second-order valence-corrected chi connectivity index (χ2v) is 7.92. The lowest BCUT2D eigenvalue weighted by molar-refractivity contribution is 0.243. The summed E-state index contributed by atoms with van der Waals surface area (Å²) in [5.74, 6) is 0. The highest BCUT2D eigenvalue weighted by atomic mass is 35.5. The van der Waals surface area contributed by atoms with Crippen molar-refractivity contribution in [3.8, 4) is 12.1 Å². The Morgan fingerprint density at radius 2 is 1.63 bits per heavy atom. The Morgan fingerprint density at radius 3 is 2.30 bits per heavy atom. The van der Waals surface area contributed by atoms with Crippen LogP contribution in [0.2, 0.25) is 5.02 Å². The first-order valence-electron chi connectivity index (χ1n) is 9.68. The van der Waals surface area contributed by atoms with Gasteiger partial charge in [0, 0.05) is 36.4 Å². The van der Waals surface area contributed by atoms with Gasteiger partial charge in [-0.25, -0.2) is 0 Å². The van der Waals surface area contributed by atoms with Gasteiger partial charge < -0.3 is 4.57 Å². The van der Waals surface area contributed by atoms with Gasteiger partial charge in [0.1, 0.15) is 0 Å². The van der Waals surface area contributed by atoms with Gasteiger partial charge in [-0.1, -0.05) is 23.7 Å². The van der Waals surface area contributed by atoms with Crippen LogP contribution in [-0.4, -0.2) is 16.0 Å². The lowest BCUT2D eigenvalue weighted by Crippen LogP contribution is -2.36. The lowest BCUT2D eigenvalue weighted by Gasteiger charge is -2.28. The molecule has 0 spiro atoms. The van der Waals surface area contributed by atoms with Gasteiger partial charge >= 0.3 is 0 Å². The molecule has 1 aromatic heterocycles. The van der Waals surface area contributed by atoms with Gasteiger partial charge in [0.05, 0.1) is 29.8 Å². The molecule has 2 heterocycles. The zero-order valence-corrected chi connectivity index (χ0v) is 17.1. The molecule has 0 saturated heterocycles. The number of rotatable bonds is 4. The summed E-state index contributed by atoms with van der Waals surface area (Å²) in [7, 11) is 0. The van der Waals surface area contributed by atoms with Crippen molar-refractivity contribution in [1.82, 2.24) is 9.47 Å². The Balaban J connectivity index is 1.56. The van der Waals surface area contributed by atoms with E-state index in [4.69, 9.17) is 11.6 Å². The molecule has 0 bridgehead atoms. The SMILES string of the molecule is N#Cc1cc(C#N)cc(CN2CCc3ccn(Cc4ccc(Cl)cc4)c(=O)c3C2)c1. The molecule has 4 rings (SSSR count). The van der Waals surface area contributed by atoms with Crippen LogP contribution >= 0.6 is 11.6 Å². The van der Waals surface area contributed by atoms with Crippen molar-refractivity contribution < 1.29 is 0 Å². The maximum atomic E-state index is 13.1. The van der Waals surface area contributed by atoms with Crippen molar-refractivity contribution in [2.24, 2.45) is 0 Å². The fourth-order valence-electron chi connectivity index (χ4n) is 3.86. The topological polar surface area (TPSA) is 72.8 Å². The van der Waals surface area contributed by atoms with E-state index in [-0.39, 0.29) is 5.56 Å². The minimum absolute atomic E-state index is 0.0237. The zero-order valence-electron chi connectivity index (χ0n) is 16.3. The number of hydrogen-bond donors (Lipinski definition) is 0. The predicted molar refractivity (Wildman–Crippen MR) is 115 cm³/mol. The van der Waals surface area contributed by atoms with E-state index >= 15 is 0 Å². The molecule has 0 unspecified atom stereocenters. The summed E-state index contributed by atoms with van der Waals surface area (Å²) in [5, 5.41) is 19.1. The van der Waals surface area contributed by atoms with Crippen LogP contribution in [0.3, 0.4) is 0 Å². The fourth-order valence-corrected chi connectivity index (χ4v) is 3.99. The largest absolute Gasteiger partial charge is 0.311 e. The monoisotopic (exact) mass is 414 g/mol. The van der Waals surface area contributed by atoms with Crippen molar-refractivity contribution in [1.29, 1.82) is 10.5 Å². The third-order valence-corrected chi connectivity index (χ3v) is 5.62. The molecule has 0 atom stereocenters. The average molecular weight is 415 g/mol. The van der Waals surface area contributed by atoms with Crippen molar-refractivity contribution in [3.05, 3.63) is 103 Å². The molecule has 0 aliphatic carbocycles. The Kier molecular flexibility index (Phi) is 5.68. The number of halogens is 1. The molecule has 1 aliphatic rings. The molecule has 1 aliphatic heterocycles. The standard InChI is InChI=1S/C24H19ClN4O/c25-22-3-1-17(2-4-22)15-29-8-6-21-5-7-28(16-23(21)24(29)30)14-20-10-18(12-26)9-19(11-20)13-27/h1-4,6,8-11H,5,7,14-16H2. The molecule has 5 nitrogen and oxygen atoms in total. The summed E-state index contributed by atoms with van der Waals surface area (Å²) in [6.07, 6.45) is 2.66. The number of pyridine rings is 1. The van der Waals surface area contributed by atoms with E-state index in [0.29, 0.717) is 35.8 Å². The highest BCUT2D eigenvalue weighted by molar-refractivity contribution is 6.30.